The van der Waals surface area contributed by atoms with Crippen molar-refractivity contribution in [3.63, 3.8) is 0 Å². The van der Waals surface area contributed by atoms with Gasteiger partial charge in [0.25, 0.3) is 0 Å². The number of nitrogens with two attached hydrogens (primary N) is 2. The van der Waals surface area contributed by atoms with Crippen molar-refractivity contribution < 1.29 is 0 Å². The van der Waals surface area contributed by atoms with Crippen LogP contribution in [0.3, 0.4) is 0 Å². The Bertz CT molecular complexity index is 211. The maximum absolute atomic E-state index is 5.71. The van der Waals surface area contributed by atoms with Gasteiger partial charge in [0.2, 0.25) is 0 Å². The van der Waals surface area contributed by atoms with Gasteiger partial charge in [-0.25, -0.2) is 4.99 Å². The molecule has 0 aromatic heterocycles. The number of nitrogens with zero attached hydrogens (tertiary/aromatic N) is 1. The number of hydrogen-bond donors (Lipinski definition) is 2. The van der Waals surface area contributed by atoms with Gasteiger partial charge in [0.05, 0.1) is 5.84 Å². The zero-order valence-electron chi connectivity index (χ0n) is 8.96. The first-order chi connectivity index (χ1) is 6.47. The third-order valence-corrected chi connectivity index (χ3v) is 3.23. The number of allylic oxidation sites excluding steroid dienone is 1. The molecule has 0 bridgehead atoms. The minimum absolute atomic E-state index is 0.148. The maximum Gasteiger partial charge on any atom is 0.0989 e. The van der Waals surface area contributed by atoms with E-state index in [1.165, 1.54) is 0 Å². The maximum atomic E-state index is 5.71. The van der Waals surface area contributed by atoms with Crippen molar-refractivity contribution in [1.82, 2.24) is 0 Å². The van der Waals surface area contributed by atoms with Crippen molar-refractivity contribution in [2.24, 2.45) is 16.5 Å². The van der Waals surface area contributed by atoms with E-state index in [1.54, 1.807) is 0 Å². The minimum atomic E-state index is 0.148. The van der Waals surface area contributed by atoms with Crippen LogP contribution in [-0.2, 0) is 0 Å². The predicted octanol–water partition coefficient (Wildman–Crippen LogP) is 2.16. The summed E-state index contributed by atoms with van der Waals surface area (Å²) in [7, 11) is 0. The van der Waals surface area contributed by atoms with Gasteiger partial charge in [-0.05, 0) is 19.8 Å². The lowest BCUT2D eigenvalue weighted by atomic mass is 10.1. The predicted molar refractivity (Wildman–Crippen MR) is 66.7 cm³/mol. The van der Waals surface area contributed by atoms with Crippen LogP contribution in [-0.4, -0.2) is 16.7 Å². The van der Waals surface area contributed by atoms with Crippen LogP contribution in [0.15, 0.2) is 17.3 Å². The lowest BCUT2D eigenvalue weighted by Crippen LogP contribution is -2.26. The van der Waals surface area contributed by atoms with Crippen LogP contribution in [0.25, 0.3) is 0 Å². The summed E-state index contributed by atoms with van der Waals surface area (Å²) < 4.78 is 0. The van der Waals surface area contributed by atoms with E-state index in [0.717, 1.165) is 25.0 Å². The molecule has 14 heavy (non-hydrogen) atoms. The summed E-state index contributed by atoms with van der Waals surface area (Å²) in [4.78, 5) is 4.48. The molecule has 0 heterocycles. The molecule has 4 heteroatoms. The van der Waals surface area contributed by atoms with E-state index < -0.39 is 0 Å². The number of rotatable bonds is 6. The average molecular weight is 262 g/mol. The van der Waals surface area contributed by atoms with Crippen LogP contribution < -0.4 is 11.5 Å². The zero-order chi connectivity index (χ0) is 11.1. The Morgan fingerprint density at radius 2 is 2.14 bits per heavy atom. The molecule has 82 valence electrons. The number of alkyl halides is 1. The van der Waals surface area contributed by atoms with E-state index in [0.29, 0.717) is 10.7 Å². The lowest BCUT2D eigenvalue weighted by Gasteiger charge is -2.13. The molecule has 1 unspecified atom stereocenters. The Labute approximate surface area is 94.8 Å². The Balaban J connectivity index is 3.86. The molecule has 0 radical (unpaired) electrons. The molecule has 0 aliphatic rings. The van der Waals surface area contributed by atoms with E-state index in [1.807, 2.05) is 13.8 Å². The SMILES string of the molecule is C=C(CCC(Br)[C@@H](C)N)N=C(N)CC. The summed E-state index contributed by atoms with van der Waals surface area (Å²) in [6.07, 6.45) is 2.54. The quantitative estimate of drug-likeness (QED) is 0.437. The number of amidine groups is 1. The van der Waals surface area contributed by atoms with Gasteiger partial charge in [0.1, 0.15) is 0 Å². The van der Waals surface area contributed by atoms with E-state index in [4.69, 9.17) is 11.5 Å². The standard InChI is InChI=1S/C10H20BrN3/c1-4-10(13)14-7(2)5-6-9(11)8(3)12/h8-9H,2,4-6,12H2,1,3H3,(H2,13,14)/t8-,9?/m1/s1. The molecule has 0 aliphatic carbocycles. The van der Waals surface area contributed by atoms with Gasteiger partial charge < -0.3 is 11.5 Å². The van der Waals surface area contributed by atoms with Crippen molar-refractivity contribution in [3.05, 3.63) is 12.3 Å². The first-order valence-corrected chi connectivity index (χ1v) is 5.79. The highest BCUT2D eigenvalue weighted by Crippen LogP contribution is 2.15. The molecule has 0 amide bonds. The summed E-state index contributed by atoms with van der Waals surface area (Å²) in [5, 5.41) is 0. The van der Waals surface area contributed by atoms with Gasteiger partial charge >= 0.3 is 0 Å². The van der Waals surface area contributed by atoms with Gasteiger partial charge in [-0.1, -0.05) is 29.4 Å². The van der Waals surface area contributed by atoms with Gasteiger partial charge in [0.15, 0.2) is 0 Å². The molecule has 0 aromatic rings. The van der Waals surface area contributed by atoms with Crippen molar-refractivity contribution in [1.29, 1.82) is 0 Å². The van der Waals surface area contributed by atoms with Crippen LogP contribution in [0, 0.1) is 0 Å². The minimum Gasteiger partial charge on any atom is -0.387 e. The Morgan fingerprint density at radius 3 is 2.57 bits per heavy atom. The van der Waals surface area contributed by atoms with Crippen molar-refractivity contribution >= 4 is 21.8 Å². The number of aliphatic imine (C=N–C) groups is 1. The molecular formula is C10H20BrN3. The number of hydrogen-bond acceptors (Lipinski definition) is 2. The molecule has 0 saturated carbocycles. The highest BCUT2D eigenvalue weighted by Gasteiger charge is 2.09. The van der Waals surface area contributed by atoms with Crippen molar-refractivity contribution in [2.45, 2.75) is 44.0 Å². The zero-order valence-corrected chi connectivity index (χ0v) is 10.5. The van der Waals surface area contributed by atoms with E-state index in [2.05, 4.69) is 27.5 Å². The summed E-state index contributed by atoms with van der Waals surface area (Å²) in [6.45, 7) is 7.80. The third kappa shape index (κ3) is 6.16. The second kappa shape index (κ2) is 7.01. The highest BCUT2D eigenvalue weighted by atomic mass is 79.9. The number of halogens is 1. The lowest BCUT2D eigenvalue weighted by molar-refractivity contribution is 0.647. The topological polar surface area (TPSA) is 64.4 Å². The molecule has 0 rings (SSSR count). The molecule has 0 saturated heterocycles. The molecule has 4 N–H and O–H groups in total. The van der Waals surface area contributed by atoms with E-state index >= 15 is 0 Å². The van der Waals surface area contributed by atoms with Crippen LogP contribution in [0.4, 0.5) is 0 Å². The van der Waals surface area contributed by atoms with Crippen LogP contribution in [0.2, 0.25) is 0 Å². The second-order valence-electron chi connectivity index (χ2n) is 3.44. The van der Waals surface area contributed by atoms with Crippen LogP contribution >= 0.6 is 15.9 Å². The first-order valence-electron chi connectivity index (χ1n) is 4.87. The van der Waals surface area contributed by atoms with Crippen molar-refractivity contribution in [2.75, 3.05) is 0 Å². The smallest absolute Gasteiger partial charge is 0.0989 e. The Morgan fingerprint density at radius 1 is 1.57 bits per heavy atom. The fourth-order valence-corrected chi connectivity index (χ4v) is 1.13. The van der Waals surface area contributed by atoms with Gasteiger partial charge in [0, 0.05) is 23.0 Å². The van der Waals surface area contributed by atoms with Crippen molar-refractivity contribution in [3.8, 4) is 0 Å². The fraction of sp³-hybridized carbons (Fsp3) is 0.700. The fourth-order valence-electron chi connectivity index (χ4n) is 0.905. The molecule has 0 fully saturated rings. The monoisotopic (exact) mass is 261 g/mol. The summed E-state index contributed by atoms with van der Waals surface area (Å²) >= 11 is 3.51. The van der Waals surface area contributed by atoms with Gasteiger partial charge in [-0.3, -0.25) is 0 Å². The highest BCUT2D eigenvalue weighted by molar-refractivity contribution is 9.09. The van der Waals surface area contributed by atoms with Crippen LogP contribution in [0.1, 0.15) is 33.1 Å². The molecule has 2 atom stereocenters. The average Bonchev–Trinajstić information content (AvgIpc) is 2.13. The summed E-state index contributed by atoms with van der Waals surface area (Å²) in [6, 6.07) is 0.148. The normalized spacial score (nSPS) is 16.4. The second-order valence-corrected chi connectivity index (χ2v) is 4.61. The molecule has 0 spiro atoms. The summed E-state index contributed by atoms with van der Waals surface area (Å²) in [5.74, 6) is 0.641. The third-order valence-electron chi connectivity index (χ3n) is 1.94. The molecular weight excluding hydrogens is 242 g/mol. The Hall–Kier alpha value is -0.350. The summed E-state index contributed by atoms with van der Waals surface area (Å²) in [5.41, 5.74) is 12.1. The van der Waals surface area contributed by atoms with Gasteiger partial charge in [-0.2, -0.15) is 0 Å². The largest absolute Gasteiger partial charge is 0.387 e. The molecule has 0 aromatic carbocycles. The molecule has 3 nitrogen and oxygen atoms in total. The van der Waals surface area contributed by atoms with E-state index in [-0.39, 0.29) is 6.04 Å². The van der Waals surface area contributed by atoms with E-state index in [9.17, 15) is 0 Å². The van der Waals surface area contributed by atoms with Gasteiger partial charge in [-0.15, -0.1) is 0 Å². The van der Waals surface area contributed by atoms with Crippen LogP contribution in [0.5, 0.6) is 0 Å². The first kappa shape index (κ1) is 13.7. The Kier molecular flexibility index (Phi) is 6.83. The molecule has 0 aliphatic heterocycles.